The minimum Gasteiger partial charge on any atom is -0.507 e. The highest BCUT2D eigenvalue weighted by Crippen LogP contribution is 2.46. The fourth-order valence-corrected chi connectivity index (χ4v) is 4.34. The Bertz CT molecular complexity index is 1230. The predicted molar refractivity (Wildman–Crippen MR) is 115 cm³/mol. The van der Waals surface area contributed by atoms with Crippen LogP contribution in [0, 0.1) is 17.0 Å². The number of hydrogen-bond acceptors (Lipinski definition) is 7. The predicted octanol–water partition coefficient (Wildman–Crippen LogP) is 4.30. The van der Waals surface area contributed by atoms with Crippen LogP contribution in [0.25, 0.3) is 5.76 Å². The third-order valence-electron chi connectivity index (χ3n) is 5.00. The van der Waals surface area contributed by atoms with E-state index in [1.54, 1.807) is 36.6 Å². The van der Waals surface area contributed by atoms with Gasteiger partial charge in [-0.2, -0.15) is 0 Å². The van der Waals surface area contributed by atoms with Gasteiger partial charge in [-0.05, 0) is 48.2 Å². The molecule has 2 heterocycles. The number of aromatic hydroxyl groups is 1. The molecule has 1 aromatic heterocycles. The van der Waals surface area contributed by atoms with Crippen molar-refractivity contribution < 1.29 is 24.7 Å². The number of nitrogens with zero attached hydrogens (tertiary/aromatic N) is 2. The molecule has 1 aliphatic rings. The Kier molecular flexibility index (Phi) is 5.04. The lowest BCUT2D eigenvalue weighted by atomic mass is 9.99. The van der Waals surface area contributed by atoms with E-state index in [4.69, 9.17) is 0 Å². The normalized spacial score (nSPS) is 17.8. The van der Waals surface area contributed by atoms with Gasteiger partial charge in [-0.3, -0.25) is 24.6 Å². The monoisotopic (exact) mass is 436 g/mol. The molecular weight excluding hydrogens is 420 g/mol. The Morgan fingerprint density at radius 3 is 2.45 bits per heavy atom. The van der Waals surface area contributed by atoms with E-state index in [2.05, 4.69) is 0 Å². The van der Waals surface area contributed by atoms with Crippen LogP contribution < -0.4 is 4.90 Å². The molecule has 0 saturated carbocycles. The molecule has 1 saturated heterocycles. The summed E-state index contributed by atoms with van der Waals surface area (Å²) in [5.74, 6) is -2.41. The molecule has 1 fully saturated rings. The van der Waals surface area contributed by atoms with Crippen LogP contribution in [0.4, 0.5) is 11.4 Å². The zero-order valence-electron chi connectivity index (χ0n) is 16.2. The molecule has 9 heteroatoms. The number of thiophene rings is 1. The van der Waals surface area contributed by atoms with E-state index in [9.17, 15) is 29.9 Å². The van der Waals surface area contributed by atoms with Crippen molar-refractivity contribution in [3.8, 4) is 5.75 Å². The first-order valence-electron chi connectivity index (χ1n) is 9.18. The van der Waals surface area contributed by atoms with Gasteiger partial charge in [-0.25, -0.2) is 0 Å². The van der Waals surface area contributed by atoms with E-state index >= 15 is 0 Å². The van der Waals surface area contributed by atoms with Crippen LogP contribution in [0.3, 0.4) is 0 Å². The maximum absolute atomic E-state index is 13.0. The van der Waals surface area contributed by atoms with Crippen LogP contribution in [0.15, 0.2) is 65.6 Å². The Balaban J connectivity index is 1.92. The lowest BCUT2D eigenvalue weighted by Gasteiger charge is -2.25. The van der Waals surface area contributed by atoms with E-state index in [0.717, 1.165) is 5.56 Å². The number of anilines is 1. The summed E-state index contributed by atoms with van der Waals surface area (Å²) in [6.07, 6.45) is 0. The molecule has 1 aliphatic heterocycles. The van der Waals surface area contributed by atoms with Crippen LogP contribution in [-0.4, -0.2) is 26.8 Å². The number of nitro groups is 1. The van der Waals surface area contributed by atoms with Crippen LogP contribution in [0.5, 0.6) is 5.75 Å². The second-order valence-corrected chi connectivity index (χ2v) is 7.96. The van der Waals surface area contributed by atoms with Crippen molar-refractivity contribution in [2.45, 2.75) is 13.0 Å². The lowest BCUT2D eigenvalue weighted by Crippen LogP contribution is -2.29. The van der Waals surface area contributed by atoms with Gasteiger partial charge in [0.05, 0.1) is 16.2 Å². The van der Waals surface area contributed by atoms with Gasteiger partial charge >= 0.3 is 0 Å². The van der Waals surface area contributed by atoms with Crippen molar-refractivity contribution >= 4 is 40.2 Å². The van der Waals surface area contributed by atoms with Gasteiger partial charge in [0.2, 0.25) is 0 Å². The molecular formula is C22H16N2O6S. The van der Waals surface area contributed by atoms with Crippen LogP contribution in [0.1, 0.15) is 22.0 Å². The smallest absolute Gasteiger partial charge is 0.300 e. The SMILES string of the molecule is Cc1ccc(O)c(N2C(=O)C(=O)/C(=C(\O)c3ccc([N+](=O)[O-])cc3)C2c2cccs2)c1. The van der Waals surface area contributed by atoms with Gasteiger partial charge in [0.25, 0.3) is 17.4 Å². The number of phenols is 1. The molecule has 0 aliphatic carbocycles. The van der Waals surface area contributed by atoms with Crippen molar-refractivity contribution in [2.24, 2.45) is 0 Å². The molecule has 1 atom stereocenters. The minimum atomic E-state index is -0.956. The molecule has 31 heavy (non-hydrogen) atoms. The molecule has 4 rings (SSSR count). The summed E-state index contributed by atoms with van der Waals surface area (Å²) in [6, 6.07) is 12.3. The van der Waals surface area contributed by atoms with Crippen molar-refractivity contribution in [1.82, 2.24) is 0 Å². The maximum Gasteiger partial charge on any atom is 0.300 e. The molecule has 3 aromatic rings. The van der Waals surface area contributed by atoms with Crippen LogP contribution in [-0.2, 0) is 9.59 Å². The highest BCUT2D eigenvalue weighted by atomic mass is 32.1. The first kappa shape index (κ1) is 20.3. The van der Waals surface area contributed by atoms with E-state index in [-0.39, 0.29) is 28.3 Å². The topological polar surface area (TPSA) is 121 Å². The summed E-state index contributed by atoms with van der Waals surface area (Å²) in [7, 11) is 0. The number of hydrogen-bond donors (Lipinski definition) is 2. The van der Waals surface area contributed by atoms with Crippen molar-refractivity contribution in [2.75, 3.05) is 4.90 Å². The van der Waals surface area contributed by atoms with Crippen molar-refractivity contribution in [3.05, 3.63) is 91.7 Å². The number of phenolic OH excluding ortho intramolecular Hbond substituents is 1. The minimum absolute atomic E-state index is 0.151. The summed E-state index contributed by atoms with van der Waals surface area (Å²) >= 11 is 1.29. The Morgan fingerprint density at radius 2 is 1.84 bits per heavy atom. The summed E-state index contributed by atoms with van der Waals surface area (Å²) in [6.45, 7) is 1.79. The largest absolute Gasteiger partial charge is 0.507 e. The fourth-order valence-electron chi connectivity index (χ4n) is 3.52. The molecule has 1 amide bonds. The Labute approximate surface area is 180 Å². The van der Waals surface area contributed by atoms with Crippen molar-refractivity contribution in [1.29, 1.82) is 0 Å². The number of aliphatic hydroxyl groups is 1. The van der Waals surface area contributed by atoms with E-state index in [0.29, 0.717) is 4.88 Å². The number of aliphatic hydroxyl groups excluding tert-OH is 1. The number of nitro benzene ring substituents is 1. The van der Waals surface area contributed by atoms with Gasteiger partial charge in [0.15, 0.2) is 0 Å². The Morgan fingerprint density at radius 1 is 1.13 bits per heavy atom. The van der Waals surface area contributed by atoms with E-state index < -0.39 is 28.4 Å². The Hall–Kier alpha value is -3.98. The zero-order chi connectivity index (χ0) is 22.3. The molecule has 0 spiro atoms. The average Bonchev–Trinajstić information content (AvgIpc) is 3.37. The molecule has 8 nitrogen and oxygen atoms in total. The van der Waals surface area contributed by atoms with Gasteiger partial charge in [0, 0.05) is 22.6 Å². The first-order valence-corrected chi connectivity index (χ1v) is 10.1. The number of benzene rings is 2. The number of non-ortho nitro benzene ring substituents is 1. The van der Waals surface area contributed by atoms with Gasteiger partial charge in [0.1, 0.15) is 17.6 Å². The highest BCUT2D eigenvalue weighted by molar-refractivity contribution is 7.10. The summed E-state index contributed by atoms with van der Waals surface area (Å²) < 4.78 is 0. The number of carbonyl (C=O) groups excluding carboxylic acids is 2. The first-order chi connectivity index (χ1) is 14.8. The van der Waals surface area contributed by atoms with Crippen LogP contribution >= 0.6 is 11.3 Å². The average molecular weight is 436 g/mol. The molecule has 156 valence electrons. The number of amides is 1. The number of carbonyl (C=O) groups is 2. The third-order valence-corrected chi connectivity index (χ3v) is 5.92. The van der Waals surface area contributed by atoms with Gasteiger partial charge in [-0.15, -0.1) is 11.3 Å². The molecule has 0 bridgehead atoms. The summed E-state index contributed by atoms with van der Waals surface area (Å²) in [4.78, 5) is 38.1. The lowest BCUT2D eigenvalue weighted by molar-refractivity contribution is -0.384. The molecule has 2 aromatic carbocycles. The van der Waals surface area contributed by atoms with Gasteiger partial charge < -0.3 is 10.2 Å². The van der Waals surface area contributed by atoms with Crippen LogP contribution in [0.2, 0.25) is 0 Å². The van der Waals surface area contributed by atoms with Gasteiger partial charge in [-0.1, -0.05) is 12.1 Å². The molecule has 2 N–H and O–H groups in total. The van der Waals surface area contributed by atoms with Crippen molar-refractivity contribution in [3.63, 3.8) is 0 Å². The highest BCUT2D eigenvalue weighted by Gasteiger charge is 2.48. The number of Topliss-reactive ketones (excluding diaryl/α,β-unsaturated/α-hetero) is 1. The number of aryl methyl sites for hydroxylation is 1. The fraction of sp³-hybridized carbons (Fsp3) is 0.0909. The zero-order valence-corrected chi connectivity index (χ0v) is 17.0. The summed E-state index contributed by atoms with van der Waals surface area (Å²) in [5.41, 5.74) is 0.774. The maximum atomic E-state index is 13.0. The third kappa shape index (κ3) is 3.44. The van der Waals surface area contributed by atoms with E-state index in [1.165, 1.54) is 46.6 Å². The summed E-state index contributed by atoms with van der Waals surface area (Å²) in [5, 5.41) is 34.0. The second-order valence-electron chi connectivity index (χ2n) is 6.98. The number of rotatable bonds is 4. The van der Waals surface area contributed by atoms with E-state index in [1.807, 2.05) is 0 Å². The quantitative estimate of drug-likeness (QED) is 0.207. The molecule has 1 unspecified atom stereocenters. The number of ketones is 1. The molecule has 0 radical (unpaired) electrons. The standard InChI is InChI=1S/C22H16N2O6S/c1-12-4-9-16(25)15(11-12)23-19(17-3-2-10-31-17)18(21(27)22(23)28)20(26)13-5-7-14(8-6-13)24(29)30/h2-11,19,25-26H,1H3/b20-18-. The second kappa shape index (κ2) is 7.69.